The summed E-state index contributed by atoms with van der Waals surface area (Å²) in [5.41, 5.74) is 6.02. The number of carbonyl (C=O) groups is 2. The molecule has 0 radical (unpaired) electrons. The number of halogens is 1. The molecule has 3 aromatic rings. The van der Waals surface area contributed by atoms with Crippen LogP contribution in [0.3, 0.4) is 0 Å². The minimum absolute atomic E-state index is 0.213. The van der Waals surface area contributed by atoms with Crippen molar-refractivity contribution in [2.45, 2.75) is 72.5 Å². The van der Waals surface area contributed by atoms with Crippen LogP contribution >= 0.6 is 0 Å². The number of fused-ring (bicyclic) bond motifs is 2. The van der Waals surface area contributed by atoms with Gasteiger partial charge in [-0.1, -0.05) is 11.6 Å². The number of ether oxygens (including phenoxy) is 3. The summed E-state index contributed by atoms with van der Waals surface area (Å²) in [5.74, 6) is -1.09. The molecular formula is C34H38FNO6. The highest BCUT2D eigenvalue weighted by Gasteiger charge is 2.37. The van der Waals surface area contributed by atoms with Gasteiger partial charge in [-0.2, -0.15) is 0 Å². The number of hydrogen-bond acceptors (Lipinski definition) is 5. The fourth-order valence-corrected chi connectivity index (χ4v) is 6.19. The van der Waals surface area contributed by atoms with Gasteiger partial charge in [-0.15, -0.1) is 0 Å². The van der Waals surface area contributed by atoms with E-state index in [9.17, 15) is 14.7 Å². The fourth-order valence-electron chi connectivity index (χ4n) is 6.19. The molecule has 3 aromatic carbocycles. The van der Waals surface area contributed by atoms with Crippen molar-refractivity contribution in [3.63, 3.8) is 0 Å². The normalized spacial score (nSPS) is 15.1. The summed E-state index contributed by atoms with van der Waals surface area (Å²) in [4.78, 5) is 28.4. The van der Waals surface area contributed by atoms with Crippen LogP contribution in [-0.4, -0.2) is 42.8 Å². The lowest BCUT2D eigenvalue weighted by molar-refractivity contribution is -0.160. The smallest absolute Gasteiger partial charge is 0.337 e. The Hall–Kier alpha value is -3.91. The molecule has 5 rings (SSSR count). The van der Waals surface area contributed by atoms with E-state index in [4.69, 9.17) is 14.2 Å². The molecule has 2 heterocycles. The van der Waals surface area contributed by atoms with Gasteiger partial charge in [0.1, 0.15) is 5.75 Å². The van der Waals surface area contributed by atoms with Crippen LogP contribution in [0.4, 0.5) is 10.1 Å². The molecule has 1 amide bonds. The first-order chi connectivity index (χ1) is 19.8. The zero-order chi connectivity index (χ0) is 30.5. The number of anilines is 1. The van der Waals surface area contributed by atoms with Crippen LogP contribution in [0, 0.1) is 26.6 Å². The summed E-state index contributed by atoms with van der Waals surface area (Å²) in [6.45, 7) is 11.9. The average molecular weight is 576 g/mol. The van der Waals surface area contributed by atoms with Crippen molar-refractivity contribution in [2.24, 2.45) is 0 Å². The quantitative estimate of drug-likeness (QED) is 0.344. The van der Waals surface area contributed by atoms with Gasteiger partial charge in [-0.3, -0.25) is 4.79 Å². The summed E-state index contributed by atoms with van der Waals surface area (Å²) in [7, 11) is 1.53. The molecule has 0 spiro atoms. The van der Waals surface area contributed by atoms with Gasteiger partial charge in [-0.25, -0.2) is 9.18 Å². The lowest BCUT2D eigenvalue weighted by Crippen LogP contribution is -2.30. The number of carbonyl (C=O) groups excluding carboxylic acids is 1. The highest BCUT2D eigenvalue weighted by atomic mass is 19.1. The molecule has 0 aliphatic carbocycles. The number of aryl methyl sites for hydroxylation is 2. The molecule has 0 saturated heterocycles. The van der Waals surface area contributed by atoms with Gasteiger partial charge in [0.2, 0.25) is 0 Å². The van der Waals surface area contributed by atoms with Crippen LogP contribution in [0.15, 0.2) is 30.3 Å². The summed E-state index contributed by atoms with van der Waals surface area (Å²) in [6.07, 6.45) is 0.588. The maximum Gasteiger partial charge on any atom is 0.337 e. The van der Waals surface area contributed by atoms with Crippen LogP contribution in [0.2, 0.25) is 0 Å². The molecule has 0 saturated carbocycles. The van der Waals surface area contributed by atoms with E-state index in [2.05, 4.69) is 0 Å². The van der Waals surface area contributed by atoms with E-state index in [1.807, 2.05) is 59.7 Å². The molecule has 0 aromatic heterocycles. The predicted molar refractivity (Wildman–Crippen MR) is 159 cm³/mol. The number of carboxylic acids is 1. The first-order valence-electron chi connectivity index (χ1n) is 14.3. The Morgan fingerprint density at radius 3 is 2.48 bits per heavy atom. The van der Waals surface area contributed by atoms with Crippen molar-refractivity contribution in [3.8, 4) is 22.6 Å². The third kappa shape index (κ3) is 5.24. The third-order valence-electron chi connectivity index (χ3n) is 8.03. The van der Waals surface area contributed by atoms with E-state index in [-0.39, 0.29) is 11.7 Å². The minimum Gasteiger partial charge on any atom is -0.496 e. The van der Waals surface area contributed by atoms with Crippen molar-refractivity contribution in [2.75, 3.05) is 25.2 Å². The summed E-state index contributed by atoms with van der Waals surface area (Å²) in [6, 6.07) is 8.78. The van der Waals surface area contributed by atoms with Gasteiger partial charge < -0.3 is 24.2 Å². The second-order valence-corrected chi connectivity index (χ2v) is 12.1. The van der Waals surface area contributed by atoms with Gasteiger partial charge in [-0.05, 0) is 113 Å². The second-order valence-electron chi connectivity index (χ2n) is 12.1. The molecule has 0 fully saturated rings. The molecule has 1 N–H and O–H groups in total. The lowest BCUT2D eigenvalue weighted by atomic mass is 9.83. The first kappa shape index (κ1) is 29.6. The molecule has 2 aliphatic heterocycles. The standard InChI is InChI=1S/C34H38FNO6/c1-18-10-11-27(40-7)24(15-18)32(37)36-13-12-22-26(36)16-19(2)28(31(33(38)39)42-34(4,5)6)29(22)23-17-25(35)30-21(20(23)3)9-8-14-41-30/h10-11,15-17,31H,8-9,12-14H2,1-7H3,(H,38,39)/t31-/m0/s1. The molecule has 0 unspecified atom stereocenters. The Morgan fingerprint density at radius 1 is 1.07 bits per heavy atom. The molecule has 1 atom stereocenters. The molecule has 222 valence electrons. The minimum atomic E-state index is -1.30. The SMILES string of the molecule is COc1ccc(C)cc1C(=O)N1CCc2c1cc(C)c([C@H](OC(C)(C)C)C(=O)O)c2-c1cc(F)c2c(c1C)CCCO2. The number of carboxylic acid groups (broad SMARTS) is 1. The first-order valence-corrected chi connectivity index (χ1v) is 14.3. The number of hydrogen-bond donors (Lipinski definition) is 1. The van der Waals surface area contributed by atoms with E-state index in [1.54, 1.807) is 11.0 Å². The fraction of sp³-hybridized carbons (Fsp3) is 0.412. The van der Waals surface area contributed by atoms with Crippen molar-refractivity contribution < 1.29 is 33.3 Å². The largest absolute Gasteiger partial charge is 0.496 e. The van der Waals surface area contributed by atoms with Crippen LogP contribution in [0.1, 0.15) is 77.0 Å². The number of rotatable bonds is 6. The van der Waals surface area contributed by atoms with Gasteiger partial charge >= 0.3 is 5.97 Å². The van der Waals surface area contributed by atoms with Crippen molar-refractivity contribution in [1.82, 2.24) is 0 Å². The van der Waals surface area contributed by atoms with Crippen LogP contribution < -0.4 is 14.4 Å². The second kappa shape index (κ2) is 11.1. The topological polar surface area (TPSA) is 85.3 Å². The molecule has 7 nitrogen and oxygen atoms in total. The highest BCUT2D eigenvalue weighted by Crippen LogP contribution is 2.48. The van der Waals surface area contributed by atoms with Crippen LogP contribution in [0.5, 0.6) is 11.5 Å². The van der Waals surface area contributed by atoms with E-state index >= 15 is 4.39 Å². The Bertz CT molecular complexity index is 1590. The van der Waals surface area contributed by atoms with Crippen LogP contribution in [0.25, 0.3) is 11.1 Å². The number of methoxy groups -OCH3 is 1. The Morgan fingerprint density at radius 2 is 1.81 bits per heavy atom. The zero-order valence-corrected chi connectivity index (χ0v) is 25.3. The van der Waals surface area contributed by atoms with Gasteiger partial charge in [0.25, 0.3) is 5.91 Å². The number of benzene rings is 3. The van der Waals surface area contributed by atoms with Crippen LogP contribution in [-0.2, 0) is 22.4 Å². The molecule has 0 bridgehead atoms. The van der Waals surface area contributed by atoms with E-state index in [0.29, 0.717) is 65.2 Å². The number of nitrogens with zero attached hydrogens (tertiary/aromatic N) is 1. The van der Waals surface area contributed by atoms with Crippen molar-refractivity contribution >= 4 is 17.6 Å². The third-order valence-corrected chi connectivity index (χ3v) is 8.03. The lowest BCUT2D eigenvalue weighted by Gasteiger charge is -2.30. The van der Waals surface area contributed by atoms with Gasteiger partial charge in [0.15, 0.2) is 17.7 Å². The average Bonchev–Trinajstić information content (AvgIpc) is 3.35. The zero-order valence-electron chi connectivity index (χ0n) is 25.3. The van der Waals surface area contributed by atoms with E-state index in [1.165, 1.54) is 13.2 Å². The van der Waals surface area contributed by atoms with Crippen molar-refractivity contribution in [1.29, 1.82) is 0 Å². The summed E-state index contributed by atoms with van der Waals surface area (Å²) < 4.78 is 33.0. The number of amides is 1. The maximum atomic E-state index is 15.6. The Kier molecular flexibility index (Phi) is 7.79. The van der Waals surface area contributed by atoms with Gasteiger partial charge in [0.05, 0.1) is 24.9 Å². The van der Waals surface area contributed by atoms with E-state index < -0.39 is 23.5 Å². The monoisotopic (exact) mass is 575 g/mol. The molecular weight excluding hydrogens is 537 g/mol. The summed E-state index contributed by atoms with van der Waals surface area (Å²) in [5, 5.41) is 10.4. The number of aliphatic carboxylic acids is 1. The van der Waals surface area contributed by atoms with Gasteiger partial charge in [0, 0.05) is 23.4 Å². The Balaban J connectivity index is 1.78. The molecule has 42 heavy (non-hydrogen) atoms. The summed E-state index contributed by atoms with van der Waals surface area (Å²) >= 11 is 0. The Labute approximate surface area is 246 Å². The van der Waals surface area contributed by atoms with Crippen molar-refractivity contribution in [3.05, 3.63) is 75.1 Å². The predicted octanol–water partition coefficient (Wildman–Crippen LogP) is 6.90. The van der Waals surface area contributed by atoms with E-state index in [0.717, 1.165) is 28.7 Å². The molecule has 2 aliphatic rings. The highest BCUT2D eigenvalue weighted by molar-refractivity contribution is 6.10. The molecule has 8 heteroatoms. The maximum absolute atomic E-state index is 15.6.